The first kappa shape index (κ1) is 22.4. The number of anilines is 1. The Kier molecular flexibility index (Phi) is 7.33. The number of hydrogen-bond acceptors (Lipinski definition) is 4. The van der Waals surface area contributed by atoms with Crippen LogP contribution in [0.15, 0.2) is 53.1 Å². The van der Waals surface area contributed by atoms with E-state index in [1.165, 1.54) is 6.26 Å². The number of urea groups is 1. The van der Waals surface area contributed by atoms with Crippen LogP contribution in [0.2, 0.25) is 0 Å². The van der Waals surface area contributed by atoms with E-state index in [1.807, 2.05) is 39.0 Å². The average Bonchev–Trinajstić information content (AvgIpc) is 3.31. The van der Waals surface area contributed by atoms with E-state index in [0.29, 0.717) is 31.1 Å². The van der Waals surface area contributed by atoms with Crippen LogP contribution in [0.5, 0.6) is 0 Å². The van der Waals surface area contributed by atoms with Crippen LogP contribution in [0.4, 0.5) is 10.5 Å². The lowest BCUT2D eigenvalue weighted by atomic mass is 9.97. The second kappa shape index (κ2) is 10.1. The summed E-state index contributed by atoms with van der Waals surface area (Å²) < 4.78 is 5.22. The molecule has 3 unspecified atom stereocenters. The molecule has 2 heterocycles. The molecule has 0 radical (unpaired) electrons. The standard InChI is InChI=1S/C23H30N4O4/c1-4-16(2)20(25-23(30)24-18-9-6-5-7-10-18)22(29)26-12-13-27(17(3)15-26)21(28)19-11-8-14-31-19/h5-11,14,16-17,20H,4,12-13,15H2,1-3H3,(H2,24,25,30). The molecule has 8 nitrogen and oxygen atoms in total. The third-order valence-electron chi connectivity index (χ3n) is 5.73. The fourth-order valence-corrected chi connectivity index (χ4v) is 3.71. The molecule has 0 bridgehead atoms. The number of furan rings is 1. The molecule has 3 atom stereocenters. The Morgan fingerprint density at radius 1 is 1.13 bits per heavy atom. The fourth-order valence-electron chi connectivity index (χ4n) is 3.71. The maximum Gasteiger partial charge on any atom is 0.319 e. The molecule has 4 amide bonds. The number of nitrogens with zero attached hydrogens (tertiary/aromatic N) is 2. The van der Waals surface area contributed by atoms with Crippen molar-refractivity contribution in [2.75, 3.05) is 25.0 Å². The van der Waals surface area contributed by atoms with E-state index in [2.05, 4.69) is 10.6 Å². The van der Waals surface area contributed by atoms with Gasteiger partial charge in [-0.2, -0.15) is 0 Å². The monoisotopic (exact) mass is 426 g/mol. The molecule has 8 heteroatoms. The van der Waals surface area contributed by atoms with Gasteiger partial charge in [0.25, 0.3) is 5.91 Å². The second-order valence-electron chi connectivity index (χ2n) is 7.94. The highest BCUT2D eigenvalue weighted by atomic mass is 16.3. The van der Waals surface area contributed by atoms with Gasteiger partial charge in [-0.1, -0.05) is 38.5 Å². The smallest absolute Gasteiger partial charge is 0.319 e. The summed E-state index contributed by atoms with van der Waals surface area (Å²) in [6.07, 6.45) is 2.22. The Labute approximate surface area is 182 Å². The normalized spacial score (nSPS) is 18.2. The van der Waals surface area contributed by atoms with Gasteiger partial charge in [0.1, 0.15) is 6.04 Å². The highest BCUT2D eigenvalue weighted by Crippen LogP contribution is 2.18. The minimum absolute atomic E-state index is 0.0351. The topological polar surface area (TPSA) is 94.9 Å². The van der Waals surface area contributed by atoms with E-state index in [4.69, 9.17) is 4.42 Å². The summed E-state index contributed by atoms with van der Waals surface area (Å²) in [7, 11) is 0. The minimum atomic E-state index is -0.645. The molecule has 2 aromatic rings. The summed E-state index contributed by atoms with van der Waals surface area (Å²) in [6.45, 7) is 7.07. The van der Waals surface area contributed by atoms with Crippen LogP contribution in [0, 0.1) is 5.92 Å². The molecule has 1 aromatic heterocycles. The van der Waals surface area contributed by atoms with Crippen LogP contribution in [-0.2, 0) is 4.79 Å². The molecule has 31 heavy (non-hydrogen) atoms. The third kappa shape index (κ3) is 5.45. The lowest BCUT2D eigenvalue weighted by molar-refractivity contribution is -0.136. The van der Waals surface area contributed by atoms with Gasteiger partial charge in [0.05, 0.1) is 6.26 Å². The molecule has 1 aliphatic heterocycles. The van der Waals surface area contributed by atoms with E-state index in [0.717, 1.165) is 6.42 Å². The maximum atomic E-state index is 13.3. The zero-order valence-corrected chi connectivity index (χ0v) is 18.2. The molecule has 0 saturated carbocycles. The second-order valence-corrected chi connectivity index (χ2v) is 7.94. The molecular formula is C23H30N4O4. The Morgan fingerprint density at radius 3 is 2.48 bits per heavy atom. The first-order valence-electron chi connectivity index (χ1n) is 10.7. The largest absolute Gasteiger partial charge is 0.459 e. The van der Waals surface area contributed by atoms with Crippen molar-refractivity contribution in [1.82, 2.24) is 15.1 Å². The van der Waals surface area contributed by atoms with E-state index < -0.39 is 12.1 Å². The third-order valence-corrected chi connectivity index (χ3v) is 5.73. The van der Waals surface area contributed by atoms with Crippen molar-refractivity contribution in [3.8, 4) is 0 Å². The highest BCUT2D eigenvalue weighted by molar-refractivity contribution is 5.94. The molecular weight excluding hydrogens is 396 g/mol. The van der Waals surface area contributed by atoms with Gasteiger partial charge in [0.2, 0.25) is 5.91 Å². The summed E-state index contributed by atoms with van der Waals surface area (Å²) in [5, 5.41) is 5.62. The summed E-state index contributed by atoms with van der Waals surface area (Å²) >= 11 is 0. The Balaban J connectivity index is 1.63. The predicted octanol–water partition coefficient (Wildman–Crippen LogP) is 3.19. The summed E-state index contributed by atoms with van der Waals surface area (Å²) in [5.41, 5.74) is 0.661. The lowest BCUT2D eigenvalue weighted by Crippen LogP contribution is -2.60. The van der Waals surface area contributed by atoms with Crippen molar-refractivity contribution in [3.05, 3.63) is 54.5 Å². The zero-order chi connectivity index (χ0) is 22.4. The maximum absolute atomic E-state index is 13.3. The first-order valence-corrected chi connectivity index (χ1v) is 10.7. The van der Waals surface area contributed by atoms with Gasteiger partial charge < -0.3 is 24.9 Å². The number of nitrogens with one attached hydrogen (secondary N) is 2. The molecule has 1 aliphatic rings. The number of hydrogen-bond donors (Lipinski definition) is 2. The molecule has 0 aliphatic carbocycles. The van der Waals surface area contributed by atoms with Gasteiger partial charge in [-0.15, -0.1) is 0 Å². The number of amides is 4. The number of carbonyl (C=O) groups excluding carboxylic acids is 3. The van der Waals surface area contributed by atoms with Crippen LogP contribution in [0.3, 0.4) is 0 Å². The van der Waals surface area contributed by atoms with Crippen LogP contribution in [-0.4, -0.2) is 59.4 Å². The number of piperazine rings is 1. The van der Waals surface area contributed by atoms with E-state index in [-0.39, 0.29) is 23.8 Å². The molecule has 3 rings (SSSR count). The van der Waals surface area contributed by atoms with E-state index in [9.17, 15) is 14.4 Å². The zero-order valence-electron chi connectivity index (χ0n) is 18.2. The Morgan fingerprint density at radius 2 is 1.87 bits per heavy atom. The number of para-hydroxylation sites is 1. The number of rotatable bonds is 6. The molecule has 2 N–H and O–H groups in total. The Bertz CT molecular complexity index is 884. The molecule has 0 spiro atoms. The van der Waals surface area contributed by atoms with E-state index >= 15 is 0 Å². The highest BCUT2D eigenvalue weighted by Gasteiger charge is 2.36. The van der Waals surface area contributed by atoms with Gasteiger partial charge >= 0.3 is 6.03 Å². The molecule has 1 fully saturated rings. The fraction of sp³-hybridized carbons (Fsp3) is 0.435. The number of carbonyl (C=O) groups is 3. The van der Waals surface area contributed by atoms with Crippen molar-refractivity contribution < 1.29 is 18.8 Å². The van der Waals surface area contributed by atoms with Gasteiger partial charge in [0, 0.05) is 31.4 Å². The number of benzene rings is 1. The molecule has 1 saturated heterocycles. The Hall–Kier alpha value is -3.29. The van der Waals surface area contributed by atoms with Gasteiger partial charge in [-0.05, 0) is 37.1 Å². The van der Waals surface area contributed by atoms with Gasteiger partial charge in [-0.25, -0.2) is 4.79 Å². The SMILES string of the molecule is CCC(C)C(NC(=O)Nc1ccccc1)C(=O)N1CCN(C(=O)c2ccco2)C(C)C1. The predicted molar refractivity (Wildman–Crippen MR) is 118 cm³/mol. The minimum Gasteiger partial charge on any atom is -0.459 e. The van der Waals surface area contributed by atoms with Crippen molar-refractivity contribution in [2.24, 2.45) is 5.92 Å². The van der Waals surface area contributed by atoms with Crippen molar-refractivity contribution in [1.29, 1.82) is 0 Å². The van der Waals surface area contributed by atoms with E-state index in [1.54, 1.807) is 34.1 Å². The van der Waals surface area contributed by atoms with Crippen LogP contribution < -0.4 is 10.6 Å². The van der Waals surface area contributed by atoms with Crippen molar-refractivity contribution in [2.45, 2.75) is 39.3 Å². The van der Waals surface area contributed by atoms with Crippen LogP contribution in [0.25, 0.3) is 0 Å². The van der Waals surface area contributed by atoms with Crippen LogP contribution >= 0.6 is 0 Å². The quantitative estimate of drug-likeness (QED) is 0.742. The van der Waals surface area contributed by atoms with Crippen molar-refractivity contribution in [3.63, 3.8) is 0 Å². The molecule has 1 aromatic carbocycles. The van der Waals surface area contributed by atoms with Crippen molar-refractivity contribution >= 4 is 23.5 Å². The first-order chi connectivity index (χ1) is 14.9. The van der Waals surface area contributed by atoms with Gasteiger partial charge in [0.15, 0.2) is 5.76 Å². The van der Waals surface area contributed by atoms with Crippen LogP contribution in [0.1, 0.15) is 37.7 Å². The summed E-state index contributed by atoms with van der Waals surface area (Å²) in [4.78, 5) is 41.9. The molecule has 166 valence electrons. The average molecular weight is 427 g/mol. The lowest BCUT2D eigenvalue weighted by Gasteiger charge is -2.41. The summed E-state index contributed by atoms with van der Waals surface area (Å²) in [5.74, 6) is -0.0478. The van der Waals surface area contributed by atoms with Gasteiger partial charge in [-0.3, -0.25) is 9.59 Å². The summed E-state index contributed by atoms with van der Waals surface area (Å²) in [6, 6.07) is 11.2.